The third-order valence-corrected chi connectivity index (χ3v) is 1.62. The Hall–Kier alpha value is -0.900. The van der Waals surface area contributed by atoms with E-state index in [0.717, 1.165) is 5.56 Å². The number of aromatic nitrogens is 1. The number of alkyl halides is 3. The Morgan fingerprint density at radius 1 is 1.46 bits per heavy atom. The lowest BCUT2D eigenvalue weighted by Crippen LogP contribution is -2.07. The van der Waals surface area contributed by atoms with Crippen LogP contribution < -0.4 is 4.74 Å². The number of nitrogens with zero attached hydrogens (tertiary/aromatic N) is 1. The van der Waals surface area contributed by atoms with Crippen molar-refractivity contribution in [3.63, 3.8) is 0 Å². The van der Waals surface area contributed by atoms with E-state index in [1.807, 2.05) is 0 Å². The smallest absolute Gasteiger partial charge is 0.272 e. The lowest BCUT2D eigenvalue weighted by molar-refractivity contribution is 0.0796. The zero-order valence-corrected chi connectivity index (χ0v) is 7.47. The zero-order chi connectivity index (χ0) is 9.68. The average molecular weight is 208 g/mol. The van der Waals surface area contributed by atoms with Crippen LogP contribution in [0.5, 0.6) is 5.88 Å². The van der Waals surface area contributed by atoms with Crippen LogP contribution in [0.15, 0.2) is 18.3 Å². The number of ether oxygens (including phenoxy) is 1. The minimum absolute atomic E-state index is 0.189. The molecule has 0 fully saturated rings. The number of hydrogen-bond donors (Lipinski definition) is 0. The number of hydrogen-bond acceptors (Lipinski definition) is 2. The molecule has 0 aromatic carbocycles. The fourth-order valence-electron chi connectivity index (χ4n) is 0.724. The van der Waals surface area contributed by atoms with Gasteiger partial charge in [0.2, 0.25) is 5.88 Å². The monoisotopic (exact) mass is 207 g/mol. The summed E-state index contributed by atoms with van der Waals surface area (Å²) in [6.07, 6.45) is -0.983. The van der Waals surface area contributed by atoms with Gasteiger partial charge < -0.3 is 4.74 Å². The molecule has 0 radical (unpaired) electrons. The van der Waals surface area contributed by atoms with Gasteiger partial charge >= 0.3 is 0 Å². The molecule has 0 spiro atoms. The van der Waals surface area contributed by atoms with Gasteiger partial charge in [0.15, 0.2) is 6.61 Å². The first-order valence-corrected chi connectivity index (χ1v) is 4.17. The molecule has 5 heteroatoms. The Morgan fingerprint density at radius 3 is 2.69 bits per heavy atom. The standard InChI is InChI=1S/C8H8ClF2NO/c9-3-6-1-2-8(12-4-6)13-5-7(10)11/h1-2,4,7H,3,5H2. The summed E-state index contributed by atoms with van der Waals surface area (Å²) in [5.74, 6) is 0.538. The number of halogens is 3. The number of rotatable bonds is 4. The molecule has 13 heavy (non-hydrogen) atoms. The molecule has 0 saturated heterocycles. The van der Waals surface area contributed by atoms with Crippen LogP contribution in [0.25, 0.3) is 0 Å². The molecule has 0 bridgehead atoms. The van der Waals surface area contributed by atoms with Crippen LogP contribution in [0.1, 0.15) is 5.56 Å². The van der Waals surface area contributed by atoms with Crippen molar-refractivity contribution >= 4 is 11.6 Å². The van der Waals surface area contributed by atoms with E-state index in [9.17, 15) is 8.78 Å². The van der Waals surface area contributed by atoms with E-state index in [1.54, 1.807) is 6.07 Å². The Labute approximate surface area is 79.5 Å². The van der Waals surface area contributed by atoms with Crippen LogP contribution in [-0.4, -0.2) is 18.0 Å². The Kier molecular flexibility index (Phi) is 3.89. The highest BCUT2D eigenvalue weighted by Crippen LogP contribution is 2.09. The van der Waals surface area contributed by atoms with Gasteiger partial charge in [0.05, 0.1) is 0 Å². The molecule has 1 aromatic heterocycles. The van der Waals surface area contributed by atoms with Crippen LogP contribution >= 0.6 is 11.6 Å². The van der Waals surface area contributed by atoms with Crippen molar-refractivity contribution in [3.8, 4) is 5.88 Å². The van der Waals surface area contributed by atoms with Gasteiger partial charge in [-0.3, -0.25) is 0 Å². The van der Waals surface area contributed by atoms with E-state index in [-0.39, 0.29) is 5.88 Å². The van der Waals surface area contributed by atoms with Gasteiger partial charge in [-0.2, -0.15) is 0 Å². The van der Waals surface area contributed by atoms with Crippen LogP contribution in [0.3, 0.4) is 0 Å². The summed E-state index contributed by atoms with van der Waals surface area (Å²) < 4.78 is 28.0. The Bertz CT molecular complexity index is 253. The van der Waals surface area contributed by atoms with Gasteiger partial charge in [-0.1, -0.05) is 6.07 Å². The summed E-state index contributed by atoms with van der Waals surface area (Å²) >= 11 is 5.51. The fourth-order valence-corrected chi connectivity index (χ4v) is 0.882. The first-order chi connectivity index (χ1) is 6.22. The predicted octanol–water partition coefficient (Wildman–Crippen LogP) is 2.46. The predicted molar refractivity (Wildman–Crippen MR) is 45.3 cm³/mol. The normalized spacial score (nSPS) is 10.5. The van der Waals surface area contributed by atoms with E-state index >= 15 is 0 Å². The van der Waals surface area contributed by atoms with E-state index < -0.39 is 13.0 Å². The van der Waals surface area contributed by atoms with Crippen molar-refractivity contribution in [3.05, 3.63) is 23.9 Å². The first-order valence-electron chi connectivity index (χ1n) is 3.64. The summed E-state index contributed by atoms with van der Waals surface area (Å²) in [5, 5.41) is 0. The maximum absolute atomic E-state index is 11.7. The molecule has 0 amide bonds. The van der Waals surface area contributed by atoms with Crippen LogP contribution in [0.4, 0.5) is 8.78 Å². The van der Waals surface area contributed by atoms with Crippen molar-refractivity contribution < 1.29 is 13.5 Å². The topological polar surface area (TPSA) is 22.1 Å². The van der Waals surface area contributed by atoms with E-state index in [1.165, 1.54) is 12.3 Å². The molecule has 1 heterocycles. The highest BCUT2D eigenvalue weighted by Gasteiger charge is 2.03. The van der Waals surface area contributed by atoms with Gasteiger partial charge in [0, 0.05) is 18.1 Å². The van der Waals surface area contributed by atoms with Crippen molar-refractivity contribution in [2.75, 3.05) is 6.61 Å². The van der Waals surface area contributed by atoms with Crippen molar-refractivity contribution in [2.24, 2.45) is 0 Å². The molecule has 0 aliphatic carbocycles. The van der Waals surface area contributed by atoms with Gasteiger partial charge in [0.25, 0.3) is 6.43 Å². The molecule has 0 aliphatic heterocycles. The van der Waals surface area contributed by atoms with E-state index in [2.05, 4.69) is 9.72 Å². The summed E-state index contributed by atoms with van der Waals surface area (Å²) in [5.41, 5.74) is 0.825. The molecule has 0 N–H and O–H groups in total. The largest absolute Gasteiger partial charge is 0.472 e. The van der Waals surface area contributed by atoms with Crippen LogP contribution in [-0.2, 0) is 5.88 Å². The second-order valence-corrected chi connectivity index (χ2v) is 2.61. The van der Waals surface area contributed by atoms with Gasteiger partial charge in [-0.05, 0) is 5.56 Å². The molecule has 0 atom stereocenters. The number of pyridine rings is 1. The molecule has 2 nitrogen and oxygen atoms in total. The van der Waals surface area contributed by atoms with Gasteiger partial charge in [-0.15, -0.1) is 11.6 Å². The quantitative estimate of drug-likeness (QED) is 0.708. The third-order valence-electron chi connectivity index (χ3n) is 1.31. The lowest BCUT2D eigenvalue weighted by atomic mass is 10.3. The molecular weight excluding hydrogens is 200 g/mol. The fraction of sp³-hybridized carbons (Fsp3) is 0.375. The molecular formula is C8H8ClF2NO. The molecule has 0 saturated carbocycles. The summed E-state index contributed by atoms with van der Waals surface area (Å²) in [4.78, 5) is 3.78. The molecule has 1 aromatic rings. The first kappa shape index (κ1) is 10.2. The third kappa shape index (κ3) is 3.55. The Balaban J connectivity index is 2.49. The molecule has 72 valence electrons. The second kappa shape index (κ2) is 4.97. The maximum atomic E-state index is 11.7. The molecule has 1 rings (SSSR count). The zero-order valence-electron chi connectivity index (χ0n) is 6.71. The minimum atomic E-state index is -2.48. The van der Waals surface area contributed by atoms with Crippen LogP contribution in [0, 0.1) is 0 Å². The van der Waals surface area contributed by atoms with Crippen molar-refractivity contribution in [1.29, 1.82) is 0 Å². The average Bonchev–Trinajstić information content (AvgIpc) is 2.15. The van der Waals surface area contributed by atoms with Gasteiger partial charge in [-0.25, -0.2) is 13.8 Å². The van der Waals surface area contributed by atoms with E-state index in [4.69, 9.17) is 11.6 Å². The van der Waals surface area contributed by atoms with Crippen molar-refractivity contribution in [2.45, 2.75) is 12.3 Å². The molecule has 0 unspecified atom stereocenters. The Morgan fingerprint density at radius 2 is 2.23 bits per heavy atom. The highest BCUT2D eigenvalue weighted by atomic mass is 35.5. The summed E-state index contributed by atoms with van der Waals surface area (Å²) in [7, 11) is 0. The maximum Gasteiger partial charge on any atom is 0.272 e. The lowest BCUT2D eigenvalue weighted by Gasteiger charge is -2.03. The van der Waals surface area contributed by atoms with Crippen molar-refractivity contribution in [1.82, 2.24) is 4.98 Å². The SMILES string of the molecule is FC(F)COc1ccc(CCl)cn1. The summed E-state index contributed by atoms with van der Waals surface area (Å²) in [6.45, 7) is -0.632. The van der Waals surface area contributed by atoms with E-state index in [0.29, 0.717) is 5.88 Å². The minimum Gasteiger partial charge on any atom is -0.472 e. The highest BCUT2D eigenvalue weighted by molar-refractivity contribution is 6.17. The van der Waals surface area contributed by atoms with Gasteiger partial charge in [0.1, 0.15) is 0 Å². The molecule has 0 aliphatic rings. The summed E-state index contributed by atoms with van der Waals surface area (Å²) in [6, 6.07) is 3.20. The van der Waals surface area contributed by atoms with Crippen LogP contribution in [0.2, 0.25) is 0 Å². The second-order valence-electron chi connectivity index (χ2n) is 2.34.